The largest absolute Gasteiger partial charge is 0.444 e. The molecule has 1 amide bonds. The van der Waals surface area contributed by atoms with E-state index in [0.29, 0.717) is 31.0 Å². The average molecular weight is 393 g/mol. The number of amides is 1. The maximum absolute atomic E-state index is 13.2. The van der Waals surface area contributed by atoms with Gasteiger partial charge in [-0.25, -0.2) is 4.79 Å². The van der Waals surface area contributed by atoms with Crippen LogP contribution in [0.1, 0.15) is 39.2 Å². The molecule has 0 atom stereocenters. The second-order valence-corrected chi connectivity index (χ2v) is 8.64. The van der Waals surface area contributed by atoms with Crippen molar-refractivity contribution in [3.63, 3.8) is 0 Å². The van der Waals surface area contributed by atoms with Gasteiger partial charge in [-0.2, -0.15) is 0 Å². The fourth-order valence-corrected chi connectivity index (χ4v) is 3.43. The van der Waals surface area contributed by atoms with Crippen molar-refractivity contribution < 1.29 is 14.3 Å². The van der Waals surface area contributed by atoms with Gasteiger partial charge in [0.05, 0.1) is 5.41 Å². The molecule has 0 N–H and O–H groups in total. The first kappa shape index (κ1) is 21.3. The van der Waals surface area contributed by atoms with Gasteiger partial charge in [0.2, 0.25) is 0 Å². The van der Waals surface area contributed by atoms with Crippen molar-refractivity contribution in [2.45, 2.75) is 44.6 Å². The van der Waals surface area contributed by atoms with Gasteiger partial charge in [-0.15, -0.1) is 0 Å². The Hall–Kier alpha value is -2.01. The summed E-state index contributed by atoms with van der Waals surface area (Å²) >= 11 is 6.19. The second-order valence-electron chi connectivity index (χ2n) is 8.20. The fourth-order valence-electron chi connectivity index (χ4n) is 3.24. The van der Waals surface area contributed by atoms with Crippen LogP contribution in [0.2, 0.25) is 5.02 Å². The molecule has 0 saturated carbocycles. The maximum Gasteiger partial charge on any atom is 0.410 e. The van der Waals surface area contributed by atoms with E-state index >= 15 is 0 Å². The smallest absolute Gasteiger partial charge is 0.410 e. The second kappa shape index (κ2) is 8.34. The summed E-state index contributed by atoms with van der Waals surface area (Å²) in [5.74, 6) is 0.0299. The van der Waals surface area contributed by atoms with Crippen LogP contribution in [0.4, 0.5) is 4.79 Å². The molecular formula is C21H29ClN2O3. The van der Waals surface area contributed by atoms with Gasteiger partial charge in [0.1, 0.15) is 5.60 Å². The predicted molar refractivity (Wildman–Crippen MR) is 108 cm³/mol. The van der Waals surface area contributed by atoms with E-state index in [1.165, 1.54) is 0 Å². The molecule has 1 heterocycles. The molecule has 148 valence electrons. The van der Waals surface area contributed by atoms with E-state index in [-0.39, 0.29) is 11.9 Å². The Morgan fingerprint density at radius 3 is 2.37 bits per heavy atom. The molecule has 0 radical (unpaired) electrons. The van der Waals surface area contributed by atoms with Crippen LogP contribution >= 0.6 is 11.6 Å². The first-order chi connectivity index (χ1) is 12.5. The molecule has 1 aliphatic rings. The molecule has 5 nitrogen and oxygen atoms in total. The topological polar surface area (TPSA) is 49.9 Å². The number of ketones is 1. The van der Waals surface area contributed by atoms with Crippen LogP contribution in [-0.4, -0.2) is 54.5 Å². The van der Waals surface area contributed by atoms with E-state index in [4.69, 9.17) is 16.3 Å². The fraction of sp³-hybridized carbons (Fsp3) is 0.524. The van der Waals surface area contributed by atoms with Gasteiger partial charge in [-0.05, 0) is 57.4 Å². The van der Waals surface area contributed by atoms with Gasteiger partial charge < -0.3 is 14.5 Å². The van der Waals surface area contributed by atoms with Crippen molar-refractivity contribution in [1.29, 1.82) is 0 Å². The number of rotatable bonds is 4. The summed E-state index contributed by atoms with van der Waals surface area (Å²) < 4.78 is 5.47. The van der Waals surface area contributed by atoms with Crippen molar-refractivity contribution in [2.24, 2.45) is 0 Å². The molecule has 0 aliphatic carbocycles. The van der Waals surface area contributed by atoms with Crippen LogP contribution in [-0.2, 0) is 14.9 Å². The van der Waals surface area contributed by atoms with Gasteiger partial charge in [0.25, 0.3) is 0 Å². The lowest BCUT2D eigenvalue weighted by Gasteiger charge is -2.41. The van der Waals surface area contributed by atoms with Gasteiger partial charge in [-0.1, -0.05) is 23.7 Å². The average Bonchev–Trinajstić information content (AvgIpc) is 2.58. The van der Waals surface area contributed by atoms with Crippen molar-refractivity contribution in [2.75, 3.05) is 27.2 Å². The number of allylic oxidation sites excluding steroid dienone is 1. The molecule has 1 fully saturated rings. The van der Waals surface area contributed by atoms with Crippen LogP contribution in [0.15, 0.2) is 36.5 Å². The van der Waals surface area contributed by atoms with Crippen LogP contribution in [0.3, 0.4) is 0 Å². The molecule has 1 aliphatic heterocycles. The van der Waals surface area contributed by atoms with Gasteiger partial charge in [0, 0.05) is 38.4 Å². The summed E-state index contributed by atoms with van der Waals surface area (Å²) in [7, 11) is 3.75. The van der Waals surface area contributed by atoms with Gasteiger partial charge in [-0.3, -0.25) is 4.79 Å². The normalized spacial score (nSPS) is 17.0. The predicted octanol–water partition coefficient (Wildman–Crippen LogP) is 4.25. The molecule has 0 aromatic heterocycles. The number of hydrogen-bond acceptors (Lipinski definition) is 4. The summed E-state index contributed by atoms with van der Waals surface area (Å²) in [6, 6.07) is 7.46. The summed E-state index contributed by atoms with van der Waals surface area (Å²) in [5, 5.41) is 0.603. The quantitative estimate of drug-likeness (QED) is 0.718. The zero-order valence-electron chi connectivity index (χ0n) is 16.8. The van der Waals surface area contributed by atoms with Crippen LogP contribution < -0.4 is 0 Å². The number of carbonyl (C=O) groups is 2. The first-order valence-electron chi connectivity index (χ1n) is 9.16. The summed E-state index contributed by atoms with van der Waals surface area (Å²) in [6.07, 6.45) is 4.10. The number of halogens is 1. The third kappa shape index (κ3) is 5.48. The SMILES string of the molecule is CN(C)/C=C/C(=O)C1(c2cccc(Cl)c2)CCN(C(=O)OC(C)(C)C)CC1. The molecule has 0 spiro atoms. The molecule has 2 rings (SSSR count). The van der Waals surface area contributed by atoms with E-state index in [2.05, 4.69) is 0 Å². The number of nitrogens with zero attached hydrogens (tertiary/aromatic N) is 2. The Balaban J connectivity index is 2.26. The first-order valence-corrected chi connectivity index (χ1v) is 9.54. The highest BCUT2D eigenvalue weighted by atomic mass is 35.5. The minimum atomic E-state index is -0.685. The third-order valence-electron chi connectivity index (χ3n) is 4.64. The Bertz CT molecular complexity index is 714. The van der Waals surface area contributed by atoms with Gasteiger partial charge in [0.15, 0.2) is 5.78 Å². The standard InChI is InChI=1S/C21H29ClN2O3/c1-20(2,3)27-19(26)24-13-10-21(11-14-24,18(25)9-12-23(4)5)16-7-6-8-17(22)15-16/h6-9,12,15H,10-11,13-14H2,1-5H3/b12-9+. The number of ether oxygens (including phenoxy) is 1. The zero-order valence-corrected chi connectivity index (χ0v) is 17.5. The van der Waals surface area contributed by atoms with Crippen molar-refractivity contribution in [3.8, 4) is 0 Å². The monoisotopic (exact) mass is 392 g/mol. The number of piperidine rings is 1. The molecule has 0 bridgehead atoms. The Kier molecular flexibility index (Phi) is 6.58. The van der Waals surface area contributed by atoms with E-state index in [1.807, 2.05) is 58.0 Å². The lowest BCUT2D eigenvalue weighted by Crippen LogP contribution is -2.49. The Labute approximate surface area is 166 Å². The van der Waals surface area contributed by atoms with Crippen LogP contribution in [0.5, 0.6) is 0 Å². The minimum absolute atomic E-state index is 0.0299. The maximum atomic E-state index is 13.2. The van der Waals surface area contributed by atoms with Crippen molar-refractivity contribution in [1.82, 2.24) is 9.80 Å². The lowest BCUT2D eigenvalue weighted by molar-refractivity contribution is -0.121. The molecule has 1 aromatic rings. The molecule has 6 heteroatoms. The molecule has 1 aromatic carbocycles. The third-order valence-corrected chi connectivity index (χ3v) is 4.88. The highest BCUT2D eigenvalue weighted by Crippen LogP contribution is 2.38. The number of benzene rings is 1. The van der Waals surface area contributed by atoms with E-state index in [1.54, 1.807) is 23.2 Å². The minimum Gasteiger partial charge on any atom is -0.444 e. The molecular weight excluding hydrogens is 364 g/mol. The van der Waals surface area contributed by atoms with Gasteiger partial charge >= 0.3 is 6.09 Å². The summed E-state index contributed by atoms with van der Waals surface area (Å²) in [6.45, 7) is 6.47. The lowest BCUT2D eigenvalue weighted by atomic mass is 9.69. The van der Waals surface area contributed by atoms with E-state index < -0.39 is 11.0 Å². The van der Waals surface area contributed by atoms with Crippen molar-refractivity contribution >= 4 is 23.5 Å². The molecule has 27 heavy (non-hydrogen) atoms. The highest BCUT2D eigenvalue weighted by Gasteiger charge is 2.43. The summed E-state index contributed by atoms with van der Waals surface area (Å²) in [4.78, 5) is 29.0. The van der Waals surface area contributed by atoms with Crippen LogP contribution in [0.25, 0.3) is 0 Å². The number of carbonyl (C=O) groups excluding carboxylic acids is 2. The molecule has 1 saturated heterocycles. The number of likely N-dealkylation sites (tertiary alicyclic amines) is 1. The van der Waals surface area contributed by atoms with Crippen molar-refractivity contribution in [3.05, 3.63) is 47.1 Å². The van der Waals surface area contributed by atoms with E-state index in [0.717, 1.165) is 5.56 Å². The number of hydrogen-bond donors (Lipinski definition) is 0. The van der Waals surface area contributed by atoms with Crippen LogP contribution in [0, 0.1) is 0 Å². The Morgan fingerprint density at radius 1 is 1.22 bits per heavy atom. The highest BCUT2D eigenvalue weighted by molar-refractivity contribution is 6.30. The van der Waals surface area contributed by atoms with E-state index in [9.17, 15) is 9.59 Å². The summed E-state index contributed by atoms with van der Waals surface area (Å²) in [5.41, 5.74) is -0.328. The molecule has 0 unspecified atom stereocenters. The zero-order chi connectivity index (χ0) is 20.2. The Morgan fingerprint density at radius 2 is 1.85 bits per heavy atom.